The topological polar surface area (TPSA) is 108 Å². The number of oxazole rings is 1. The first-order valence-electron chi connectivity index (χ1n) is 10.8. The zero-order valence-corrected chi connectivity index (χ0v) is 20.5. The molecule has 3 aromatic heterocycles. The van der Waals surface area contributed by atoms with Gasteiger partial charge in [-0.3, -0.25) is 4.79 Å². The number of methoxy groups -OCH3 is 2. The van der Waals surface area contributed by atoms with Gasteiger partial charge in [-0.15, -0.1) is 5.10 Å². The number of benzene rings is 2. The van der Waals surface area contributed by atoms with Crippen LogP contribution >= 0.6 is 11.8 Å². The monoisotopic (exact) mass is 489 g/mol. The molecule has 0 amide bonds. The maximum absolute atomic E-state index is 12.5. The highest BCUT2D eigenvalue weighted by atomic mass is 32.2. The van der Waals surface area contributed by atoms with E-state index in [1.807, 2.05) is 50.2 Å². The lowest BCUT2D eigenvalue weighted by Crippen LogP contribution is -2.13. The molecule has 0 saturated heterocycles. The molecule has 0 spiro atoms. The second-order valence-electron chi connectivity index (χ2n) is 7.91. The van der Waals surface area contributed by atoms with Gasteiger partial charge in [-0.1, -0.05) is 29.5 Å². The number of H-pyrrole nitrogens is 1. The smallest absolute Gasteiger partial charge is 0.290 e. The molecule has 0 aliphatic rings. The van der Waals surface area contributed by atoms with E-state index in [0.29, 0.717) is 39.5 Å². The van der Waals surface area contributed by atoms with Gasteiger partial charge in [0.15, 0.2) is 11.5 Å². The van der Waals surface area contributed by atoms with E-state index in [9.17, 15) is 4.79 Å². The summed E-state index contributed by atoms with van der Waals surface area (Å²) < 4.78 is 18.2. The van der Waals surface area contributed by atoms with Crippen LogP contribution in [0.4, 0.5) is 0 Å². The molecule has 35 heavy (non-hydrogen) atoms. The van der Waals surface area contributed by atoms with E-state index in [2.05, 4.69) is 20.3 Å². The number of thioether (sulfide) groups is 1. The summed E-state index contributed by atoms with van der Waals surface area (Å²) in [6.07, 6.45) is 0. The van der Waals surface area contributed by atoms with Crippen LogP contribution in [-0.2, 0) is 5.75 Å². The Hall–Kier alpha value is -4.05. The SMILES string of the molecule is COc1ccc(-c2cc3c(=O)[nH]nc(SCc4nc(-c5cccc(C)c5)oc4C)n3n2)cc1OC. The van der Waals surface area contributed by atoms with E-state index in [1.165, 1.54) is 11.8 Å². The van der Waals surface area contributed by atoms with Crippen molar-refractivity contribution in [1.82, 2.24) is 24.8 Å². The van der Waals surface area contributed by atoms with Crippen LogP contribution in [0.2, 0.25) is 0 Å². The Morgan fingerprint density at radius 1 is 1.03 bits per heavy atom. The molecule has 0 aliphatic carbocycles. The normalized spacial score (nSPS) is 11.2. The third-order valence-corrected chi connectivity index (χ3v) is 6.49. The fourth-order valence-corrected chi connectivity index (χ4v) is 4.62. The summed E-state index contributed by atoms with van der Waals surface area (Å²) in [5.74, 6) is 3.01. The van der Waals surface area contributed by atoms with Crippen LogP contribution in [-0.4, -0.2) is 39.0 Å². The van der Waals surface area contributed by atoms with E-state index in [1.54, 1.807) is 30.9 Å². The third-order valence-electron chi connectivity index (χ3n) is 5.55. The first kappa shape index (κ1) is 22.7. The summed E-state index contributed by atoms with van der Waals surface area (Å²) in [5, 5.41) is 12.0. The van der Waals surface area contributed by atoms with Crippen LogP contribution in [0, 0.1) is 13.8 Å². The molecule has 0 bridgehead atoms. The van der Waals surface area contributed by atoms with Crippen molar-refractivity contribution in [3.63, 3.8) is 0 Å². The van der Waals surface area contributed by atoms with Gasteiger partial charge in [0.1, 0.15) is 11.3 Å². The number of aromatic nitrogens is 5. The van der Waals surface area contributed by atoms with E-state index in [0.717, 1.165) is 28.1 Å². The van der Waals surface area contributed by atoms with Crippen molar-refractivity contribution in [1.29, 1.82) is 0 Å². The van der Waals surface area contributed by atoms with Crippen molar-refractivity contribution < 1.29 is 13.9 Å². The van der Waals surface area contributed by atoms with Gasteiger partial charge in [-0.2, -0.15) is 5.10 Å². The largest absolute Gasteiger partial charge is 0.493 e. The number of fused-ring (bicyclic) bond motifs is 1. The quantitative estimate of drug-likeness (QED) is 0.329. The minimum absolute atomic E-state index is 0.326. The maximum Gasteiger partial charge on any atom is 0.290 e. The zero-order valence-electron chi connectivity index (χ0n) is 19.7. The number of aromatic amines is 1. The molecule has 0 fully saturated rings. The highest BCUT2D eigenvalue weighted by Crippen LogP contribution is 2.33. The van der Waals surface area contributed by atoms with Crippen molar-refractivity contribution in [3.05, 3.63) is 75.9 Å². The number of hydrogen-bond acceptors (Lipinski definition) is 8. The van der Waals surface area contributed by atoms with Crippen LogP contribution < -0.4 is 15.0 Å². The molecule has 0 radical (unpaired) electrons. The number of ether oxygens (including phenoxy) is 2. The Balaban J connectivity index is 1.45. The third kappa shape index (κ3) is 4.40. The Kier molecular flexibility index (Phi) is 6.04. The summed E-state index contributed by atoms with van der Waals surface area (Å²) in [6.45, 7) is 3.92. The lowest BCUT2D eigenvalue weighted by atomic mass is 10.1. The van der Waals surface area contributed by atoms with Crippen molar-refractivity contribution >= 4 is 17.3 Å². The lowest BCUT2D eigenvalue weighted by molar-refractivity contribution is 0.355. The molecule has 0 saturated carbocycles. The van der Waals surface area contributed by atoms with Crippen LogP contribution in [0.5, 0.6) is 11.5 Å². The predicted octanol–water partition coefficient (Wildman–Crippen LogP) is 4.67. The van der Waals surface area contributed by atoms with E-state index < -0.39 is 0 Å². The number of aryl methyl sites for hydroxylation is 2. The van der Waals surface area contributed by atoms with Gasteiger partial charge in [0.05, 0.1) is 25.6 Å². The summed E-state index contributed by atoms with van der Waals surface area (Å²) >= 11 is 1.41. The van der Waals surface area contributed by atoms with Crippen molar-refractivity contribution in [2.75, 3.05) is 14.2 Å². The predicted molar refractivity (Wildman–Crippen MR) is 133 cm³/mol. The molecule has 10 heteroatoms. The molecule has 0 aliphatic heterocycles. The molecule has 5 rings (SSSR count). The fourth-order valence-electron chi connectivity index (χ4n) is 3.72. The number of nitrogens with zero attached hydrogens (tertiary/aromatic N) is 4. The number of hydrogen-bond donors (Lipinski definition) is 1. The first-order valence-corrected chi connectivity index (χ1v) is 11.8. The van der Waals surface area contributed by atoms with Gasteiger partial charge in [-0.25, -0.2) is 14.6 Å². The summed E-state index contributed by atoms with van der Waals surface area (Å²) in [6, 6.07) is 15.2. The minimum atomic E-state index is -0.326. The Labute approximate surface area is 205 Å². The average Bonchev–Trinajstić information content (AvgIpc) is 3.48. The lowest BCUT2D eigenvalue weighted by Gasteiger charge is -2.08. The standard InChI is InChI=1S/C25H23N5O4S/c1-14-6-5-7-17(10-14)24-26-19(15(2)34-24)13-35-25-28-27-23(31)20-12-18(29-30(20)25)16-8-9-21(32-3)22(11-16)33-4/h5-12H,13H2,1-4H3,(H,27,31). The number of nitrogens with one attached hydrogen (secondary N) is 1. The summed E-state index contributed by atoms with van der Waals surface area (Å²) in [7, 11) is 3.16. The maximum atomic E-state index is 12.5. The van der Waals surface area contributed by atoms with Crippen LogP contribution in [0.1, 0.15) is 17.0 Å². The van der Waals surface area contributed by atoms with Crippen molar-refractivity contribution in [2.45, 2.75) is 24.8 Å². The highest BCUT2D eigenvalue weighted by Gasteiger charge is 2.17. The second kappa shape index (κ2) is 9.30. The Morgan fingerprint density at radius 2 is 1.86 bits per heavy atom. The number of rotatable bonds is 7. The molecule has 5 aromatic rings. The fraction of sp³-hybridized carbons (Fsp3) is 0.200. The summed E-state index contributed by atoms with van der Waals surface area (Å²) in [4.78, 5) is 17.1. The van der Waals surface area contributed by atoms with Gasteiger partial charge in [0.2, 0.25) is 11.0 Å². The molecule has 2 aromatic carbocycles. The minimum Gasteiger partial charge on any atom is -0.493 e. The van der Waals surface area contributed by atoms with Gasteiger partial charge in [0, 0.05) is 16.9 Å². The van der Waals surface area contributed by atoms with Gasteiger partial charge < -0.3 is 13.9 Å². The average molecular weight is 490 g/mol. The Bertz CT molecular complexity index is 1590. The molecule has 1 N–H and O–H groups in total. The van der Waals surface area contributed by atoms with Crippen LogP contribution in [0.25, 0.3) is 28.2 Å². The molecule has 178 valence electrons. The first-order chi connectivity index (χ1) is 17.0. The van der Waals surface area contributed by atoms with Crippen molar-refractivity contribution in [2.24, 2.45) is 0 Å². The molecular weight excluding hydrogens is 466 g/mol. The zero-order chi connectivity index (χ0) is 24.5. The molecule has 0 atom stereocenters. The van der Waals surface area contributed by atoms with Crippen LogP contribution in [0.3, 0.4) is 0 Å². The van der Waals surface area contributed by atoms with Crippen LogP contribution in [0.15, 0.2) is 62.9 Å². The second-order valence-corrected chi connectivity index (χ2v) is 8.85. The highest BCUT2D eigenvalue weighted by molar-refractivity contribution is 7.98. The van der Waals surface area contributed by atoms with Crippen molar-refractivity contribution in [3.8, 4) is 34.2 Å². The molecular formula is C25H23N5O4S. The molecule has 0 unspecified atom stereocenters. The van der Waals surface area contributed by atoms with Gasteiger partial charge >= 0.3 is 0 Å². The van der Waals surface area contributed by atoms with Gasteiger partial charge in [0.25, 0.3) is 5.56 Å². The van der Waals surface area contributed by atoms with E-state index in [4.69, 9.17) is 13.9 Å². The van der Waals surface area contributed by atoms with E-state index in [-0.39, 0.29) is 5.56 Å². The molecule has 3 heterocycles. The van der Waals surface area contributed by atoms with E-state index >= 15 is 0 Å². The summed E-state index contributed by atoms with van der Waals surface area (Å²) in [5.41, 5.74) is 4.35. The van der Waals surface area contributed by atoms with Gasteiger partial charge in [-0.05, 0) is 50.2 Å². The molecule has 9 nitrogen and oxygen atoms in total. The Morgan fingerprint density at radius 3 is 2.63 bits per heavy atom.